The molecule has 0 fully saturated rings. The first-order valence-corrected chi connectivity index (χ1v) is 16.3. The maximum Gasteiger partial charge on any atom is 0.0620 e. The van der Waals surface area contributed by atoms with Crippen molar-refractivity contribution in [2.45, 2.75) is 0 Å². The van der Waals surface area contributed by atoms with E-state index in [0.29, 0.717) is 0 Å². The number of aromatic nitrogens is 1. The number of hydrogen-bond acceptors (Lipinski definition) is 0. The summed E-state index contributed by atoms with van der Waals surface area (Å²) in [6, 6.07) is 64.5. The van der Waals surface area contributed by atoms with Crippen molar-refractivity contribution >= 4 is 64.9 Å². The molecule has 1 heteroatoms. The van der Waals surface area contributed by atoms with Crippen LogP contribution in [-0.4, -0.2) is 4.57 Å². The minimum atomic E-state index is 1.16. The molecule has 0 radical (unpaired) electrons. The summed E-state index contributed by atoms with van der Waals surface area (Å²) in [7, 11) is 0. The number of nitrogens with zero attached hydrogens (tertiary/aromatic N) is 1. The van der Waals surface area contributed by atoms with Gasteiger partial charge in [-0.05, 0) is 66.5 Å². The molecule has 10 aromatic rings. The SMILES string of the molecule is c1ccc(-n2c3c(-c4c5ccccc5c(-c5cccc6ccccc56)c5ccccc45)cccc3c3ccc4ccccc4c32)cc1. The highest BCUT2D eigenvalue weighted by molar-refractivity contribution is 6.27. The van der Waals surface area contributed by atoms with Crippen molar-refractivity contribution in [1.82, 2.24) is 4.57 Å². The average Bonchev–Trinajstić information content (AvgIpc) is 3.49. The predicted octanol–water partition coefficient (Wildman–Crippen LogP) is 12.7. The standard InChI is InChI=1S/C46H29N/c1-2-17-32(18-3-1)47-45-34-20-7-5-15-31(34)28-29-41(45)40-26-13-27-42(46(40)47)44-38-23-10-8-21-36(38)43(37-22-9-11-24-39(37)44)35-25-12-16-30-14-4-6-19-33(30)35/h1-29H. The summed E-state index contributed by atoms with van der Waals surface area (Å²) < 4.78 is 2.50. The van der Waals surface area contributed by atoms with Crippen LogP contribution in [0.25, 0.3) is 92.8 Å². The first kappa shape index (κ1) is 26.1. The molecule has 0 aliphatic heterocycles. The van der Waals surface area contributed by atoms with E-state index in [-0.39, 0.29) is 0 Å². The van der Waals surface area contributed by atoms with E-state index >= 15 is 0 Å². The fraction of sp³-hybridized carbons (Fsp3) is 0. The third kappa shape index (κ3) is 3.78. The highest BCUT2D eigenvalue weighted by Gasteiger charge is 2.23. The number of para-hydroxylation sites is 2. The second-order valence-corrected chi connectivity index (χ2v) is 12.4. The third-order valence-corrected chi connectivity index (χ3v) is 9.95. The van der Waals surface area contributed by atoms with Crippen molar-refractivity contribution in [3.63, 3.8) is 0 Å². The van der Waals surface area contributed by atoms with Gasteiger partial charge < -0.3 is 4.57 Å². The summed E-state index contributed by atoms with van der Waals surface area (Å²) >= 11 is 0. The molecule has 0 amide bonds. The average molecular weight is 596 g/mol. The van der Waals surface area contributed by atoms with E-state index in [9.17, 15) is 0 Å². The molecular formula is C46H29N. The molecule has 0 aliphatic rings. The second kappa shape index (κ2) is 10.2. The quantitative estimate of drug-likeness (QED) is 0.179. The van der Waals surface area contributed by atoms with E-state index in [4.69, 9.17) is 0 Å². The topological polar surface area (TPSA) is 4.93 Å². The maximum atomic E-state index is 2.50. The van der Waals surface area contributed by atoms with Gasteiger partial charge in [-0.2, -0.15) is 0 Å². The molecule has 9 aromatic carbocycles. The Hall–Kier alpha value is -6.18. The van der Waals surface area contributed by atoms with E-state index in [2.05, 4.69) is 180 Å². The van der Waals surface area contributed by atoms with Gasteiger partial charge in [0.05, 0.1) is 11.0 Å². The molecule has 0 spiro atoms. The van der Waals surface area contributed by atoms with E-state index in [1.807, 2.05) is 0 Å². The third-order valence-electron chi connectivity index (χ3n) is 9.95. The Bertz CT molecular complexity index is 2780. The minimum absolute atomic E-state index is 1.16. The Kier molecular flexibility index (Phi) is 5.64. The van der Waals surface area contributed by atoms with Gasteiger partial charge in [-0.25, -0.2) is 0 Å². The van der Waals surface area contributed by atoms with Crippen molar-refractivity contribution in [2.75, 3.05) is 0 Å². The van der Waals surface area contributed by atoms with Crippen LogP contribution in [0.3, 0.4) is 0 Å². The Balaban J connectivity index is 1.42. The second-order valence-electron chi connectivity index (χ2n) is 12.4. The van der Waals surface area contributed by atoms with Gasteiger partial charge in [0.15, 0.2) is 0 Å². The van der Waals surface area contributed by atoms with Gasteiger partial charge in [-0.1, -0.05) is 164 Å². The summed E-state index contributed by atoms with van der Waals surface area (Å²) in [6.45, 7) is 0. The highest BCUT2D eigenvalue weighted by Crippen LogP contribution is 2.48. The Morgan fingerprint density at radius 3 is 1.38 bits per heavy atom. The Morgan fingerprint density at radius 2 is 0.702 bits per heavy atom. The van der Waals surface area contributed by atoms with Crippen LogP contribution < -0.4 is 0 Å². The minimum Gasteiger partial charge on any atom is -0.308 e. The van der Waals surface area contributed by atoms with Gasteiger partial charge in [0, 0.05) is 27.4 Å². The van der Waals surface area contributed by atoms with Crippen LogP contribution >= 0.6 is 0 Å². The number of hydrogen-bond donors (Lipinski definition) is 0. The summed E-state index contributed by atoms with van der Waals surface area (Å²) in [5, 5.41) is 12.6. The highest BCUT2D eigenvalue weighted by atomic mass is 15.0. The van der Waals surface area contributed by atoms with Gasteiger partial charge in [0.2, 0.25) is 0 Å². The number of rotatable bonds is 3. The van der Waals surface area contributed by atoms with Crippen molar-refractivity contribution in [1.29, 1.82) is 0 Å². The predicted molar refractivity (Wildman–Crippen MR) is 202 cm³/mol. The monoisotopic (exact) mass is 595 g/mol. The maximum absolute atomic E-state index is 2.50. The van der Waals surface area contributed by atoms with Crippen molar-refractivity contribution in [3.05, 3.63) is 176 Å². The zero-order chi connectivity index (χ0) is 30.9. The lowest BCUT2D eigenvalue weighted by Crippen LogP contribution is -1.97. The Labute approximate surface area is 272 Å². The molecule has 0 saturated heterocycles. The smallest absolute Gasteiger partial charge is 0.0620 e. The summed E-state index contributed by atoms with van der Waals surface area (Å²) in [5.41, 5.74) is 8.72. The van der Waals surface area contributed by atoms with E-state index in [0.717, 1.165) is 5.69 Å². The number of fused-ring (bicyclic) bond motifs is 8. The summed E-state index contributed by atoms with van der Waals surface area (Å²) in [4.78, 5) is 0. The first-order valence-electron chi connectivity index (χ1n) is 16.3. The molecule has 10 rings (SSSR count). The van der Waals surface area contributed by atoms with E-state index < -0.39 is 0 Å². The number of benzene rings is 9. The molecule has 1 nitrogen and oxygen atoms in total. The summed E-state index contributed by atoms with van der Waals surface area (Å²) in [5.74, 6) is 0. The van der Waals surface area contributed by atoms with Crippen LogP contribution in [0, 0.1) is 0 Å². The van der Waals surface area contributed by atoms with Crippen LogP contribution in [-0.2, 0) is 0 Å². The van der Waals surface area contributed by atoms with Crippen molar-refractivity contribution in [2.24, 2.45) is 0 Å². The molecule has 0 saturated carbocycles. The van der Waals surface area contributed by atoms with Gasteiger partial charge in [0.1, 0.15) is 0 Å². The van der Waals surface area contributed by atoms with Crippen LogP contribution in [0.1, 0.15) is 0 Å². The fourth-order valence-corrected chi connectivity index (χ4v) is 8.02. The molecule has 0 aliphatic carbocycles. The lowest BCUT2D eigenvalue weighted by molar-refractivity contribution is 1.19. The van der Waals surface area contributed by atoms with Crippen molar-refractivity contribution in [3.8, 4) is 27.9 Å². The largest absolute Gasteiger partial charge is 0.308 e. The molecule has 1 aromatic heterocycles. The lowest BCUT2D eigenvalue weighted by Gasteiger charge is -2.20. The Morgan fingerprint density at radius 1 is 0.255 bits per heavy atom. The molecule has 0 unspecified atom stereocenters. The molecule has 1 heterocycles. The van der Waals surface area contributed by atoms with Gasteiger partial charge in [-0.15, -0.1) is 0 Å². The molecular weight excluding hydrogens is 567 g/mol. The zero-order valence-corrected chi connectivity index (χ0v) is 25.7. The fourth-order valence-electron chi connectivity index (χ4n) is 8.02. The van der Waals surface area contributed by atoms with Gasteiger partial charge >= 0.3 is 0 Å². The summed E-state index contributed by atoms with van der Waals surface area (Å²) in [6.07, 6.45) is 0. The zero-order valence-electron chi connectivity index (χ0n) is 25.7. The molecule has 0 N–H and O–H groups in total. The van der Waals surface area contributed by atoms with Gasteiger partial charge in [0.25, 0.3) is 0 Å². The van der Waals surface area contributed by atoms with Gasteiger partial charge in [-0.3, -0.25) is 0 Å². The van der Waals surface area contributed by atoms with E-state index in [1.165, 1.54) is 87.1 Å². The molecule has 0 bridgehead atoms. The van der Waals surface area contributed by atoms with Crippen LogP contribution in [0.15, 0.2) is 176 Å². The first-order chi connectivity index (χ1) is 23.4. The molecule has 47 heavy (non-hydrogen) atoms. The molecule has 0 atom stereocenters. The van der Waals surface area contributed by atoms with Crippen LogP contribution in [0.5, 0.6) is 0 Å². The molecule has 218 valence electrons. The normalized spacial score (nSPS) is 11.8. The lowest BCUT2D eigenvalue weighted by atomic mass is 9.84. The van der Waals surface area contributed by atoms with Crippen LogP contribution in [0.2, 0.25) is 0 Å². The van der Waals surface area contributed by atoms with Crippen molar-refractivity contribution < 1.29 is 0 Å². The van der Waals surface area contributed by atoms with E-state index in [1.54, 1.807) is 0 Å². The van der Waals surface area contributed by atoms with Crippen LogP contribution in [0.4, 0.5) is 0 Å².